The Morgan fingerprint density at radius 3 is 2.55 bits per heavy atom. The highest BCUT2D eigenvalue weighted by Crippen LogP contribution is 2.36. The summed E-state index contributed by atoms with van der Waals surface area (Å²) in [4.78, 5) is 23.3. The zero-order valence-electron chi connectivity index (χ0n) is 11.2. The van der Waals surface area contributed by atoms with Crippen LogP contribution in [0.3, 0.4) is 0 Å². The van der Waals surface area contributed by atoms with Crippen molar-refractivity contribution in [2.24, 2.45) is 0 Å². The van der Waals surface area contributed by atoms with Gasteiger partial charge in [0.1, 0.15) is 9.94 Å². The number of amides is 1. The molecule has 112 valence electrons. The zero-order chi connectivity index (χ0) is 15.5. The summed E-state index contributed by atoms with van der Waals surface area (Å²) in [7, 11) is 0. The first-order valence-electron chi connectivity index (χ1n) is 5.74. The average molecular weight is 385 g/mol. The average Bonchev–Trinajstić information content (AvgIpc) is 2.54. The van der Waals surface area contributed by atoms with E-state index in [4.69, 9.17) is 21.4 Å². The third-order valence-corrected chi connectivity index (χ3v) is 4.67. The van der Waals surface area contributed by atoms with Crippen LogP contribution in [-0.2, 0) is 9.53 Å². The number of carboxylic acids is 1. The van der Waals surface area contributed by atoms with E-state index in [9.17, 15) is 9.59 Å². The Bertz CT molecular complexity index is 493. The van der Waals surface area contributed by atoms with Gasteiger partial charge < -0.3 is 15.2 Å². The second kappa shape index (κ2) is 6.78. The molecule has 1 atom stereocenters. The Hall–Kier alpha value is -0.790. The van der Waals surface area contributed by atoms with Crippen LogP contribution in [0.5, 0.6) is 0 Å². The third-order valence-electron chi connectivity index (χ3n) is 2.08. The monoisotopic (exact) mass is 383 g/mol. The summed E-state index contributed by atoms with van der Waals surface area (Å²) in [5, 5.41) is 11.5. The van der Waals surface area contributed by atoms with Crippen LogP contribution < -0.4 is 5.32 Å². The van der Waals surface area contributed by atoms with Crippen molar-refractivity contribution >= 4 is 50.9 Å². The molecule has 1 aromatic heterocycles. The van der Waals surface area contributed by atoms with Crippen LogP contribution in [0.4, 0.5) is 4.79 Å². The first-order valence-corrected chi connectivity index (χ1v) is 7.73. The molecule has 1 amide bonds. The molecule has 20 heavy (non-hydrogen) atoms. The first-order chi connectivity index (χ1) is 9.08. The van der Waals surface area contributed by atoms with Crippen molar-refractivity contribution < 1.29 is 19.4 Å². The minimum atomic E-state index is -1.02. The quantitative estimate of drug-likeness (QED) is 0.815. The van der Waals surface area contributed by atoms with E-state index in [0.717, 1.165) is 0 Å². The van der Waals surface area contributed by atoms with E-state index in [1.807, 2.05) is 0 Å². The maximum Gasteiger partial charge on any atom is 0.408 e. The topological polar surface area (TPSA) is 75.6 Å². The van der Waals surface area contributed by atoms with Gasteiger partial charge in [0, 0.05) is 9.35 Å². The molecule has 5 nitrogen and oxygen atoms in total. The number of ether oxygens (including phenoxy) is 1. The fraction of sp³-hybridized carbons (Fsp3) is 0.500. The summed E-state index contributed by atoms with van der Waals surface area (Å²) in [6.07, 6.45) is -0.910. The summed E-state index contributed by atoms with van der Waals surface area (Å²) >= 11 is 10.4. The van der Waals surface area contributed by atoms with Gasteiger partial charge in [-0.25, -0.2) is 4.79 Å². The van der Waals surface area contributed by atoms with Crippen LogP contribution in [0.1, 0.15) is 38.1 Å². The SMILES string of the molecule is CC(C)(C)OC(=O)NC(CC(=O)O)c1cc(Br)c(Cl)s1. The van der Waals surface area contributed by atoms with Crippen molar-refractivity contribution in [3.63, 3.8) is 0 Å². The van der Waals surface area contributed by atoms with Crippen LogP contribution in [0.25, 0.3) is 0 Å². The van der Waals surface area contributed by atoms with Gasteiger partial charge in [-0.05, 0) is 42.8 Å². The molecule has 1 heterocycles. The highest BCUT2D eigenvalue weighted by atomic mass is 79.9. The van der Waals surface area contributed by atoms with Crippen molar-refractivity contribution in [3.8, 4) is 0 Å². The molecule has 0 aromatic carbocycles. The largest absolute Gasteiger partial charge is 0.481 e. The highest BCUT2D eigenvalue weighted by molar-refractivity contribution is 9.10. The van der Waals surface area contributed by atoms with Gasteiger partial charge >= 0.3 is 12.1 Å². The van der Waals surface area contributed by atoms with Crippen molar-refractivity contribution in [1.82, 2.24) is 5.32 Å². The van der Waals surface area contributed by atoms with E-state index < -0.39 is 23.7 Å². The number of carbonyl (C=O) groups excluding carboxylic acids is 1. The van der Waals surface area contributed by atoms with Crippen molar-refractivity contribution in [1.29, 1.82) is 0 Å². The Balaban J connectivity index is 2.85. The molecule has 0 aliphatic carbocycles. The second-order valence-electron chi connectivity index (χ2n) is 5.07. The predicted octanol–water partition coefficient (Wildman–Crippen LogP) is 4.20. The Morgan fingerprint density at radius 1 is 1.55 bits per heavy atom. The fourth-order valence-corrected chi connectivity index (χ4v) is 3.17. The summed E-state index contributed by atoms with van der Waals surface area (Å²) in [6.45, 7) is 5.20. The fourth-order valence-electron chi connectivity index (χ4n) is 1.38. The van der Waals surface area contributed by atoms with Crippen LogP contribution in [0.15, 0.2) is 10.5 Å². The molecule has 1 unspecified atom stereocenters. The Labute approximate surface area is 134 Å². The molecule has 0 aliphatic rings. The van der Waals surface area contributed by atoms with E-state index in [2.05, 4.69) is 21.2 Å². The zero-order valence-corrected chi connectivity index (χ0v) is 14.4. The molecule has 0 saturated heterocycles. The molecule has 0 bridgehead atoms. The lowest BCUT2D eigenvalue weighted by Crippen LogP contribution is -2.35. The molecule has 0 radical (unpaired) electrons. The number of aliphatic carboxylic acids is 1. The molecule has 1 rings (SSSR count). The predicted molar refractivity (Wildman–Crippen MR) is 81.4 cm³/mol. The van der Waals surface area contributed by atoms with Crippen LogP contribution in [0, 0.1) is 0 Å². The smallest absolute Gasteiger partial charge is 0.408 e. The summed E-state index contributed by atoms with van der Waals surface area (Å²) in [5.41, 5.74) is -0.647. The summed E-state index contributed by atoms with van der Waals surface area (Å²) < 4.78 is 6.29. The molecule has 0 spiro atoms. The lowest BCUT2D eigenvalue weighted by atomic mass is 10.1. The third kappa shape index (κ3) is 5.68. The van der Waals surface area contributed by atoms with E-state index in [0.29, 0.717) is 13.7 Å². The number of carbonyl (C=O) groups is 2. The molecule has 8 heteroatoms. The van der Waals surface area contributed by atoms with E-state index in [-0.39, 0.29) is 6.42 Å². The normalized spacial score (nSPS) is 12.8. The van der Waals surface area contributed by atoms with Gasteiger partial charge in [0.05, 0.1) is 12.5 Å². The number of alkyl carbamates (subject to hydrolysis) is 1. The minimum absolute atomic E-state index is 0.247. The molecule has 0 aliphatic heterocycles. The lowest BCUT2D eigenvalue weighted by molar-refractivity contribution is -0.137. The molecular formula is C12H15BrClNO4S. The lowest BCUT2D eigenvalue weighted by Gasteiger charge is -2.22. The highest BCUT2D eigenvalue weighted by Gasteiger charge is 2.24. The number of halogens is 2. The second-order valence-corrected chi connectivity index (χ2v) is 7.61. The van der Waals surface area contributed by atoms with Gasteiger partial charge in [0.25, 0.3) is 0 Å². The number of hydrogen-bond acceptors (Lipinski definition) is 4. The molecule has 0 fully saturated rings. The van der Waals surface area contributed by atoms with Gasteiger partial charge in [-0.15, -0.1) is 11.3 Å². The number of rotatable bonds is 4. The van der Waals surface area contributed by atoms with Gasteiger partial charge in [0.2, 0.25) is 0 Å². The Morgan fingerprint density at radius 2 is 2.15 bits per heavy atom. The van der Waals surface area contributed by atoms with Crippen LogP contribution >= 0.6 is 38.9 Å². The summed E-state index contributed by atoms with van der Waals surface area (Å²) in [6, 6.07) is 1.01. The standard InChI is InChI=1S/C12H15BrClNO4S/c1-12(2,3)19-11(18)15-7(5-9(16)17)8-4-6(13)10(14)20-8/h4,7H,5H2,1-3H3,(H,15,18)(H,16,17). The summed E-state index contributed by atoms with van der Waals surface area (Å²) in [5.74, 6) is -1.02. The maximum atomic E-state index is 11.7. The van der Waals surface area contributed by atoms with E-state index >= 15 is 0 Å². The van der Waals surface area contributed by atoms with Gasteiger partial charge in [-0.2, -0.15) is 0 Å². The number of thiophene rings is 1. The van der Waals surface area contributed by atoms with Gasteiger partial charge in [-0.3, -0.25) is 4.79 Å². The Kier molecular flexibility index (Phi) is 5.85. The van der Waals surface area contributed by atoms with Crippen LogP contribution in [0.2, 0.25) is 4.34 Å². The van der Waals surface area contributed by atoms with Gasteiger partial charge in [-0.1, -0.05) is 11.6 Å². The van der Waals surface area contributed by atoms with Crippen molar-refractivity contribution in [2.45, 2.75) is 38.8 Å². The molecular weight excluding hydrogens is 370 g/mol. The molecule has 1 aromatic rings. The van der Waals surface area contributed by atoms with Crippen molar-refractivity contribution in [3.05, 3.63) is 19.8 Å². The first kappa shape index (κ1) is 17.3. The van der Waals surface area contributed by atoms with E-state index in [1.165, 1.54) is 11.3 Å². The van der Waals surface area contributed by atoms with E-state index in [1.54, 1.807) is 26.8 Å². The number of nitrogens with one attached hydrogen (secondary N) is 1. The molecule has 0 saturated carbocycles. The van der Waals surface area contributed by atoms with Crippen LogP contribution in [-0.4, -0.2) is 22.8 Å². The number of hydrogen-bond donors (Lipinski definition) is 2. The van der Waals surface area contributed by atoms with Gasteiger partial charge in [0.15, 0.2) is 0 Å². The number of carboxylic acid groups (broad SMARTS) is 1. The minimum Gasteiger partial charge on any atom is -0.481 e. The molecule has 2 N–H and O–H groups in total. The maximum absolute atomic E-state index is 11.7. The van der Waals surface area contributed by atoms with Crippen molar-refractivity contribution in [2.75, 3.05) is 0 Å².